The molecule has 1 heterocycles. The van der Waals surface area contributed by atoms with Crippen molar-refractivity contribution in [3.63, 3.8) is 0 Å². The van der Waals surface area contributed by atoms with E-state index in [4.69, 9.17) is 0 Å². The van der Waals surface area contributed by atoms with Crippen LogP contribution in [0.3, 0.4) is 0 Å². The summed E-state index contributed by atoms with van der Waals surface area (Å²) in [4.78, 5) is 25.8. The largest absolute Gasteiger partial charge is 0.505 e. The molecule has 10 heteroatoms. The van der Waals surface area contributed by atoms with Crippen molar-refractivity contribution in [3.8, 4) is 5.75 Å². The first-order valence-electron chi connectivity index (χ1n) is 11.0. The number of rotatable bonds is 8. The van der Waals surface area contributed by atoms with Crippen LogP contribution in [0.4, 0.5) is 8.78 Å². The van der Waals surface area contributed by atoms with E-state index in [1.807, 2.05) is 6.07 Å². The smallest absolute Gasteiger partial charge is 0.291 e. The molecule has 37 heavy (non-hydrogen) atoms. The highest BCUT2D eigenvalue weighted by atomic mass is 19.1. The van der Waals surface area contributed by atoms with Crippen molar-refractivity contribution in [3.05, 3.63) is 125 Å². The standard InChI is InChI=1S/C27H21F2N5O3/c28-21-10-6-18(7-11-21)15-30-32-26(36)23-14-24(35)25(34(23)17-20-4-2-1-3-5-20)27(37)33-31-16-19-8-12-22(29)13-9-19/h1-16,35H,17H2,(H,32,36)(H,33,37)/b30-15+,31-16+. The predicted molar refractivity (Wildman–Crippen MR) is 135 cm³/mol. The fourth-order valence-electron chi connectivity index (χ4n) is 3.43. The molecular weight excluding hydrogens is 480 g/mol. The summed E-state index contributed by atoms with van der Waals surface area (Å²) in [5, 5.41) is 18.3. The second-order valence-electron chi connectivity index (χ2n) is 7.84. The van der Waals surface area contributed by atoms with Gasteiger partial charge in [0.2, 0.25) is 0 Å². The number of benzene rings is 3. The van der Waals surface area contributed by atoms with Gasteiger partial charge in [0.05, 0.1) is 12.4 Å². The Morgan fingerprint density at radius 3 is 1.84 bits per heavy atom. The van der Waals surface area contributed by atoms with Crippen LogP contribution >= 0.6 is 0 Å². The number of carbonyl (C=O) groups is 2. The van der Waals surface area contributed by atoms with Crippen LogP contribution in [0.5, 0.6) is 5.75 Å². The Morgan fingerprint density at radius 2 is 1.30 bits per heavy atom. The van der Waals surface area contributed by atoms with E-state index in [1.165, 1.54) is 65.5 Å². The molecule has 0 saturated carbocycles. The Balaban J connectivity index is 1.57. The van der Waals surface area contributed by atoms with E-state index in [2.05, 4.69) is 21.1 Å². The van der Waals surface area contributed by atoms with Crippen molar-refractivity contribution in [2.24, 2.45) is 10.2 Å². The molecular formula is C27H21F2N5O3. The Bertz CT molecular complexity index is 1450. The number of carbonyl (C=O) groups excluding carboxylic acids is 2. The SMILES string of the molecule is O=C(N/N=C/c1ccc(F)cc1)c1cc(O)c(C(=O)N/N=C/c2ccc(F)cc2)n1Cc1ccccc1. The Kier molecular flexibility index (Phi) is 7.79. The van der Waals surface area contributed by atoms with Gasteiger partial charge in [0, 0.05) is 12.6 Å². The zero-order chi connectivity index (χ0) is 26.2. The van der Waals surface area contributed by atoms with Crippen LogP contribution < -0.4 is 10.9 Å². The highest BCUT2D eigenvalue weighted by Gasteiger charge is 2.24. The number of amides is 2. The van der Waals surface area contributed by atoms with Gasteiger partial charge in [-0.1, -0.05) is 54.6 Å². The summed E-state index contributed by atoms with van der Waals surface area (Å²) in [6, 6.07) is 21.2. The predicted octanol–water partition coefficient (Wildman–Crippen LogP) is 4.05. The van der Waals surface area contributed by atoms with Gasteiger partial charge in [-0.25, -0.2) is 19.6 Å². The van der Waals surface area contributed by atoms with Gasteiger partial charge in [-0.05, 0) is 41.0 Å². The summed E-state index contributed by atoms with van der Waals surface area (Å²) in [7, 11) is 0. The van der Waals surface area contributed by atoms with E-state index in [-0.39, 0.29) is 17.9 Å². The molecule has 3 aromatic carbocycles. The Labute approximate surface area is 210 Å². The molecule has 0 bridgehead atoms. The normalized spacial score (nSPS) is 11.2. The van der Waals surface area contributed by atoms with E-state index in [0.717, 1.165) is 11.6 Å². The zero-order valence-corrected chi connectivity index (χ0v) is 19.3. The fourth-order valence-corrected chi connectivity index (χ4v) is 3.43. The van der Waals surface area contributed by atoms with E-state index in [9.17, 15) is 23.5 Å². The molecule has 0 saturated heterocycles. The summed E-state index contributed by atoms with van der Waals surface area (Å²) in [6.45, 7) is 0.0935. The molecule has 0 aliphatic carbocycles. The fraction of sp³-hybridized carbons (Fsp3) is 0.0370. The first kappa shape index (κ1) is 25.0. The van der Waals surface area contributed by atoms with Crippen molar-refractivity contribution in [2.45, 2.75) is 6.54 Å². The molecule has 0 fully saturated rings. The number of aromatic hydroxyl groups is 1. The van der Waals surface area contributed by atoms with Gasteiger partial charge in [0.25, 0.3) is 11.8 Å². The van der Waals surface area contributed by atoms with Gasteiger partial charge >= 0.3 is 0 Å². The minimum atomic E-state index is -0.763. The highest BCUT2D eigenvalue weighted by Crippen LogP contribution is 2.24. The maximum Gasteiger partial charge on any atom is 0.291 e. The Morgan fingerprint density at radius 1 is 0.784 bits per heavy atom. The second kappa shape index (κ2) is 11.5. The molecule has 2 amide bonds. The molecule has 186 valence electrons. The molecule has 0 aliphatic heterocycles. The van der Waals surface area contributed by atoms with Crippen LogP contribution in [0.2, 0.25) is 0 Å². The number of nitrogens with one attached hydrogen (secondary N) is 2. The molecule has 0 unspecified atom stereocenters. The van der Waals surface area contributed by atoms with E-state index >= 15 is 0 Å². The van der Waals surface area contributed by atoms with E-state index in [0.29, 0.717) is 11.1 Å². The number of aromatic nitrogens is 1. The highest BCUT2D eigenvalue weighted by molar-refractivity contribution is 6.01. The van der Waals surface area contributed by atoms with Gasteiger partial charge in [0.1, 0.15) is 23.1 Å². The molecule has 0 atom stereocenters. The summed E-state index contributed by atoms with van der Waals surface area (Å²) in [5.74, 6) is -2.68. The number of nitrogens with zero attached hydrogens (tertiary/aromatic N) is 3. The maximum atomic E-state index is 13.1. The first-order chi connectivity index (χ1) is 17.9. The molecule has 0 spiro atoms. The topological polar surface area (TPSA) is 108 Å². The summed E-state index contributed by atoms with van der Waals surface area (Å²) in [6.07, 6.45) is 2.65. The van der Waals surface area contributed by atoms with Crippen LogP contribution in [0.25, 0.3) is 0 Å². The first-order valence-corrected chi connectivity index (χ1v) is 11.0. The van der Waals surface area contributed by atoms with Crippen LogP contribution in [0.1, 0.15) is 37.7 Å². The second-order valence-corrected chi connectivity index (χ2v) is 7.84. The lowest BCUT2D eigenvalue weighted by atomic mass is 10.2. The van der Waals surface area contributed by atoms with Crippen LogP contribution in [0, 0.1) is 11.6 Å². The Hall–Kier alpha value is -5.12. The van der Waals surface area contributed by atoms with Crippen molar-refractivity contribution < 1.29 is 23.5 Å². The third-order valence-electron chi connectivity index (χ3n) is 5.21. The third kappa shape index (κ3) is 6.51. The lowest BCUT2D eigenvalue weighted by Crippen LogP contribution is -2.26. The van der Waals surface area contributed by atoms with Gasteiger partial charge in [-0.15, -0.1) is 0 Å². The lowest BCUT2D eigenvalue weighted by molar-refractivity contribution is 0.0939. The van der Waals surface area contributed by atoms with Gasteiger partial charge in [-0.2, -0.15) is 10.2 Å². The van der Waals surface area contributed by atoms with Crippen LogP contribution in [-0.2, 0) is 6.54 Å². The minimum Gasteiger partial charge on any atom is -0.505 e. The van der Waals surface area contributed by atoms with E-state index in [1.54, 1.807) is 24.3 Å². The number of hydrogen-bond donors (Lipinski definition) is 3. The molecule has 4 rings (SSSR count). The van der Waals surface area contributed by atoms with Crippen molar-refractivity contribution >= 4 is 24.2 Å². The molecule has 0 radical (unpaired) electrons. The number of hydrazone groups is 2. The molecule has 8 nitrogen and oxygen atoms in total. The quantitative estimate of drug-likeness (QED) is 0.250. The van der Waals surface area contributed by atoms with E-state index < -0.39 is 29.2 Å². The zero-order valence-electron chi connectivity index (χ0n) is 19.3. The molecule has 4 aromatic rings. The average Bonchev–Trinajstić information content (AvgIpc) is 3.22. The van der Waals surface area contributed by atoms with Gasteiger partial charge in [-0.3, -0.25) is 9.59 Å². The summed E-state index contributed by atoms with van der Waals surface area (Å²) >= 11 is 0. The van der Waals surface area contributed by atoms with Crippen LogP contribution in [-0.4, -0.2) is 33.9 Å². The summed E-state index contributed by atoms with van der Waals surface area (Å²) < 4.78 is 27.5. The number of hydrogen-bond acceptors (Lipinski definition) is 5. The maximum absolute atomic E-state index is 13.1. The van der Waals surface area contributed by atoms with Gasteiger partial charge < -0.3 is 9.67 Å². The molecule has 3 N–H and O–H groups in total. The minimum absolute atomic E-state index is 0.0229. The molecule has 1 aromatic heterocycles. The summed E-state index contributed by atoms with van der Waals surface area (Å²) in [5.41, 5.74) is 6.33. The average molecular weight is 501 g/mol. The van der Waals surface area contributed by atoms with Crippen molar-refractivity contribution in [2.75, 3.05) is 0 Å². The monoisotopic (exact) mass is 501 g/mol. The van der Waals surface area contributed by atoms with Crippen molar-refractivity contribution in [1.29, 1.82) is 0 Å². The number of halogens is 2. The van der Waals surface area contributed by atoms with Crippen molar-refractivity contribution in [1.82, 2.24) is 15.4 Å². The molecule has 0 aliphatic rings. The van der Waals surface area contributed by atoms with Gasteiger partial charge in [0.15, 0.2) is 5.69 Å². The van der Waals surface area contributed by atoms with Crippen LogP contribution in [0.15, 0.2) is 95.1 Å². The third-order valence-corrected chi connectivity index (χ3v) is 5.21. The lowest BCUT2D eigenvalue weighted by Gasteiger charge is -2.12.